The summed E-state index contributed by atoms with van der Waals surface area (Å²) in [5.41, 5.74) is -0.448. The van der Waals surface area contributed by atoms with Gasteiger partial charge in [0.05, 0.1) is 18.2 Å². The number of methoxy groups -OCH3 is 1. The van der Waals surface area contributed by atoms with Crippen molar-refractivity contribution in [1.29, 1.82) is 0 Å². The number of rotatable bonds is 4. The van der Waals surface area contributed by atoms with Crippen LogP contribution in [0.3, 0.4) is 0 Å². The van der Waals surface area contributed by atoms with Crippen LogP contribution in [0.25, 0.3) is 0 Å². The zero-order chi connectivity index (χ0) is 19.4. The molecule has 0 bridgehead atoms. The molecule has 0 aromatic heterocycles. The molecule has 1 heterocycles. The van der Waals surface area contributed by atoms with Gasteiger partial charge in [-0.2, -0.15) is 0 Å². The number of likely N-dealkylation sites (tertiary alicyclic amines) is 1. The first-order valence-corrected chi connectivity index (χ1v) is 8.62. The molecule has 144 valence electrons. The molecule has 1 fully saturated rings. The maximum atomic E-state index is 12.4. The molecule has 1 N–H and O–H groups in total. The molecule has 0 aliphatic carbocycles. The van der Waals surface area contributed by atoms with Gasteiger partial charge in [0.1, 0.15) is 12.2 Å². The Labute approximate surface area is 154 Å². The summed E-state index contributed by atoms with van der Waals surface area (Å²) in [5.74, 6) is 0. The molecule has 1 aromatic carbocycles. The van der Waals surface area contributed by atoms with Gasteiger partial charge in [-0.1, -0.05) is 30.3 Å². The molecule has 26 heavy (non-hydrogen) atoms. The van der Waals surface area contributed by atoms with E-state index in [0.29, 0.717) is 6.54 Å². The third-order valence-electron chi connectivity index (χ3n) is 4.15. The third kappa shape index (κ3) is 5.36. The number of alkyl carbamates (subject to hydrolysis) is 1. The number of carbonyl (C=O) groups excluding carboxylic acids is 2. The van der Waals surface area contributed by atoms with E-state index in [2.05, 4.69) is 5.32 Å². The molecule has 2 unspecified atom stereocenters. The Kier molecular flexibility index (Phi) is 6.13. The van der Waals surface area contributed by atoms with Crippen molar-refractivity contribution >= 4 is 12.2 Å². The minimum absolute atomic E-state index is 0.198. The first-order valence-electron chi connectivity index (χ1n) is 8.62. The summed E-state index contributed by atoms with van der Waals surface area (Å²) in [5, 5.41) is 2.84. The SMILES string of the molecule is COC1CN(C(=O)OCc2ccccc2)CC1(C)NC(=O)OC(C)(C)C. The largest absolute Gasteiger partial charge is 0.445 e. The lowest BCUT2D eigenvalue weighted by Crippen LogP contribution is -2.56. The van der Waals surface area contributed by atoms with Crippen LogP contribution in [0.5, 0.6) is 0 Å². The van der Waals surface area contributed by atoms with E-state index in [1.807, 2.05) is 37.3 Å². The van der Waals surface area contributed by atoms with Gasteiger partial charge in [0.15, 0.2) is 0 Å². The van der Waals surface area contributed by atoms with Crippen molar-refractivity contribution in [2.75, 3.05) is 20.2 Å². The van der Waals surface area contributed by atoms with Crippen molar-refractivity contribution in [3.63, 3.8) is 0 Å². The third-order valence-corrected chi connectivity index (χ3v) is 4.15. The summed E-state index contributed by atoms with van der Waals surface area (Å²) in [4.78, 5) is 26.1. The molecule has 2 amide bonds. The molecule has 1 aliphatic heterocycles. The molecular formula is C19H28N2O5. The Bertz CT molecular complexity index is 629. The van der Waals surface area contributed by atoms with Crippen molar-refractivity contribution in [3.8, 4) is 0 Å². The van der Waals surface area contributed by atoms with Gasteiger partial charge >= 0.3 is 12.2 Å². The van der Waals surface area contributed by atoms with E-state index in [0.717, 1.165) is 5.56 Å². The first kappa shape index (κ1) is 20.0. The van der Waals surface area contributed by atoms with Crippen LogP contribution < -0.4 is 5.32 Å². The Morgan fingerprint density at radius 1 is 1.27 bits per heavy atom. The van der Waals surface area contributed by atoms with Crippen LogP contribution >= 0.6 is 0 Å². The smallest absolute Gasteiger partial charge is 0.410 e. The van der Waals surface area contributed by atoms with E-state index in [-0.39, 0.29) is 19.3 Å². The lowest BCUT2D eigenvalue weighted by atomic mass is 9.99. The van der Waals surface area contributed by atoms with Gasteiger partial charge in [0.2, 0.25) is 0 Å². The summed E-state index contributed by atoms with van der Waals surface area (Å²) in [6.45, 7) is 8.02. The van der Waals surface area contributed by atoms with E-state index >= 15 is 0 Å². The zero-order valence-electron chi connectivity index (χ0n) is 16.1. The number of nitrogens with zero attached hydrogens (tertiary/aromatic N) is 1. The standard InChI is InChI=1S/C19H28N2O5/c1-18(2,3)26-16(22)20-19(4)13-21(11-15(19)24-5)17(23)25-12-14-9-7-6-8-10-14/h6-10,15H,11-13H2,1-5H3,(H,20,22). The maximum Gasteiger partial charge on any atom is 0.410 e. The fraction of sp³-hybridized carbons (Fsp3) is 0.579. The van der Waals surface area contributed by atoms with Crippen LogP contribution in [0.15, 0.2) is 30.3 Å². The molecule has 1 aliphatic rings. The van der Waals surface area contributed by atoms with Gasteiger partial charge < -0.3 is 24.4 Å². The van der Waals surface area contributed by atoms with Crippen molar-refractivity contribution in [1.82, 2.24) is 10.2 Å². The number of hydrogen-bond donors (Lipinski definition) is 1. The predicted octanol–water partition coefficient (Wildman–Crippen LogP) is 2.94. The van der Waals surface area contributed by atoms with Crippen LogP contribution in [0.4, 0.5) is 9.59 Å². The minimum atomic E-state index is -0.761. The molecule has 0 saturated carbocycles. The van der Waals surface area contributed by atoms with Crippen molar-refractivity contribution in [2.24, 2.45) is 0 Å². The molecule has 7 heteroatoms. The quantitative estimate of drug-likeness (QED) is 0.889. The monoisotopic (exact) mass is 364 g/mol. The molecule has 7 nitrogen and oxygen atoms in total. The predicted molar refractivity (Wildman–Crippen MR) is 96.8 cm³/mol. The fourth-order valence-electron chi connectivity index (χ4n) is 2.91. The van der Waals surface area contributed by atoms with Crippen molar-refractivity contribution in [2.45, 2.75) is 51.5 Å². The number of benzene rings is 1. The Balaban J connectivity index is 1.96. The Morgan fingerprint density at radius 2 is 1.92 bits per heavy atom. The van der Waals surface area contributed by atoms with Gasteiger partial charge in [0, 0.05) is 13.7 Å². The van der Waals surface area contributed by atoms with Crippen LogP contribution in [0, 0.1) is 0 Å². The minimum Gasteiger partial charge on any atom is -0.445 e. The van der Waals surface area contributed by atoms with E-state index in [4.69, 9.17) is 14.2 Å². The molecule has 0 radical (unpaired) electrons. The molecule has 1 saturated heterocycles. The van der Waals surface area contributed by atoms with E-state index in [1.54, 1.807) is 27.9 Å². The van der Waals surface area contributed by atoms with Gasteiger partial charge in [-0.25, -0.2) is 9.59 Å². The topological polar surface area (TPSA) is 77.1 Å². The zero-order valence-corrected chi connectivity index (χ0v) is 16.1. The van der Waals surface area contributed by atoms with E-state index in [1.165, 1.54) is 4.90 Å². The van der Waals surface area contributed by atoms with E-state index in [9.17, 15) is 9.59 Å². The van der Waals surface area contributed by atoms with Gasteiger partial charge in [-0.05, 0) is 33.3 Å². The average Bonchev–Trinajstić information content (AvgIpc) is 2.88. The number of hydrogen-bond acceptors (Lipinski definition) is 5. The number of ether oxygens (including phenoxy) is 3. The summed E-state index contributed by atoms with van der Waals surface area (Å²) in [7, 11) is 1.55. The lowest BCUT2D eigenvalue weighted by molar-refractivity contribution is 0.0254. The normalized spacial score (nSPS) is 22.8. The summed E-state index contributed by atoms with van der Waals surface area (Å²) in [6.07, 6.45) is -1.34. The van der Waals surface area contributed by atoms with E-state index < -0.39 is 23.3 Å². The van der Waals surface area contributed by atoms with Gasteiger partial charge in [-0.15, -0.1) is 0 Å². The number of carbonyl (C=O) groups is 2. The van der Waals surface area contributed by atoms with Crippen LogP contribution in [0.2, 0.25) is 0 Å². The number of amides is 2. The van der Waals surface area contributed by atoms with Crippen LogP contribution in [0.1, 0.15) is 33.3 Å². The highest BCUT2D eigenvalue weighted by molar-refractivity contribution is 5.71. The average molecular weight is 364 g/mol. The molecule has 2 rings (SSSR count). The molecule has 1 aromatic rings. The molecule has 2 atom stereocenters. The van der Waals surface area contributed by atoms with Gasteiger partial charge in [0.25, 0.3) is 0 Å². The van der Waals surface area contributed by atoms with Crippen molar-refractivity contribution in [3.05, 3.63) is 35.9 Å². The number of nitrogens with one attached hydrogen (secondary N) is 1. The summed E-state index contributed by atoms with van der Waals surface area (Å²) < 4.78 is 16.2. The highest BCUT2D eigenvalue weighted by Crippen LogP contribution is 2.25. The van der Waals surface area contributed by atoms with Gasteiger partial charge in [-0.3, -0.25) is 0 Å². The van der Waals surface area contributed by atoms with Crippen molar-refractivity contribution < 1.29 is 23.8 Å². The lowest BCUT2D eigenvalue weighted by Gasteiger charge is -2.31. The highest BCUT2D eigenvalue weighted by Gasteiger charge is 2.47. The summed E-state index contributed by atoms with van der Waals surface area (Å²) in [6, 6.07) is 9.47. The second-order valence-electron chi connectivity index (χ2n) is 7.69. The first-order chi connectivity index (χ1) is 12.1. The van der Waals surface area contributed by atoms with Crippen LogP contribution in [-0.2, 0) is 20.8 Å². The maximum absolute atomic E-state index is 12.4. The Morgan fingerprint density at radius 3 is 2.50 bits per heavy atom. The molecular weight excluding hydrogens is 336 g/mol. The van der Waals surface area contributed by atoms with Crippen LogP contribution in [-0.4, -0.2) is 54.5 Å². The highest BCUT2D eigenvalue weighted by atomic mass is 16.6. The Hall–Kier alpha value is -2.28. The second kappa shape index (κ2) is 7.95. The second-order valence-corrected chi connectivity index (χ2v) is 7.69. The molecule has 0 spiro atoms. The summed E-state index contributed by atoms with van der Waals surface area (Å²) >= 11 is 0. The fourth-order valence-corrected chi connectivity index (χ4v) is 2.91.